The van der Waals surface area contributed by atoms with Crippen molar-refractivity contribution in [3.8, 4) is 0 Å². The van der Waals surface area contributed by atoms with Gasteiger partial charge in [-0.3, -0.25) is 0 Å². The summed E-state index contributed by atoms with van der Waals surface area (Å²) in [6.45, 7) is 3.94. The van der Waals surface area contributed by atoms with Crippen molar-refractivity contribution in [3.63, 3.8) is 0 Å². The molecule has 2 aromatic rings. The Morgan fingerprint density at radius 2 is 1.85 bits per heavy atom. The van der Waals surface area contributed by atoms with Crippen molar-refractivity contribution in [2.24, 2.45) is 5.73 Å². The van der Waals surface area contributed by atoms with Gasteiger partial charge in [0.15, 0.2) is 0 Å². The van der Waals surface area contributed by atoms with Gasteiger partial charge in [-0.15, -0.1) is 0 Å². The molecular formula is C17H21N3. The third-order valence-corrected chi connectivity index (χ3v) is 4.35. The number of benzene rings is 1. The number of rotatable bonds is 3. The van der Waals surface area contributed by atoms with Crippen LogP contribution in [-0.4, -0.2) is 10.2 Å². The highest BCUT2D eigenvalue weighted by molar-refractivity contribution is 5.40. The predicted molar refractivity (Wildman–Crippen MR) is 80.6 cm³/mol. The standard InChI is InChI=1S/C17H21N3/c1-11-10-16(12(2)20-19-11)17(18)15-9-4-3-8-14(15)13-6-5-7-13/h3-4,8-10,13,17H,5-7,18H2,1-2H3. The second-order valence-corrected chi connectivity index (χ2v) is 5.76. The fraction of sp³-hybridized carbons (Fsp3) is 0.412. The van der Waals surface area contributed by atoms with E-state index >= 15 is 0 Å². The molecule has 3 nitrogen and oxygen atoms in total. The van der Waals surface area contributed by atoms with Gasteiger partial charge < -0.3 is 5.73 Å². The quantitative estimate of drug-likeness (QED) is 0.927. The first kappa shape index (κ1) is 13.3. The minimum Gasteiger partial charge on any atom is -0.320 e. The first-order valence-electron chi connectivity index (χ1n) is 7.32. The molecule has 0 bridgehead atoms. The van der Waals surface area contributed by atoms with Gasteiger partial charge in [0.2, 0.25) is 0 Å². The first-order valence-corrected chi connectivity index (χ1v) is 7.32. The minimum atomic E-state index is -0.110. The van der Waals surface area contributed by atoms with Crippen molar-refractivity contribution in [2.45, 2.75) is 45.1 Å². The molecule has 1 unspecified atom stereocenters. The SMILES string of the molecule is Cc1cc(C(N)c2ccccc2C2CCC2)c(C)nn1. The Kier molecular flexibility index (Phi) is 3.53. The van der Waals surface area contributed by atoms with Crippen LogP contribution in [0, 0.1) is 13.8 Å². The second kappa shape index (κ2) is 5.33. The molecule has 0 spiro atoms. The van der Waals surface area contributed by atoms with Crippen molar-refractivity contribution < 1.29 is 0 Å². The van der Waals surface area contributed by atoms with E-state index < -0.39 is 0 Å². The molecule has 2 N–H and O–H groups in total. The zero-order chi connectivity index (χ0) is 14.1. The lowest BCUT2D eigenvalue weighted by Crippen LogP contribution is -2.19. The van der Waals surface area contributed by atoms with Crippen molar-refractivity contribution in [3.05, 3.63) is 58.4 Å². The Balaban J connectivity index is 2.01. The predicted octanol–water partition coefficient (Wildman–Crippen LogP) is 3.41. The van der Waals surface area contributed by atoms with Crippen LogP contribution in [0.15, 0.2) is 30.3 Å². The first-order chi connectivity index (χ1) is 9.66. The molecule has 1 saturated carbocycles. The zero-order valence-corrected chi connectivity index (χ0v) is 12.1. The van der Waals surface area contributed by atoms with Crippen LogP contribution in [0.3, 0.4) is 0 Å². The number of nitrogens with zero attached hydrogens (tertiary/aromatic N) is 2. The lowest BCUT2D eigenvalue weighted by Gasteiger charge is -2.29. The van der Waals surface area contributed by atoms with Crippen LogP contribution in [0.1, 0.15) is 59.3 Å². The molecule has 1 heterocycles. The number of aromatic nitrogens is 2. The molecule has 0 saturated heterocycles. The van der Waals surface area contributed by atoms with Gasteiger partial charge in [-0.25, -0.2) is 0 Å². The van der Waals surface area contributed by atoms with Gasteiger partial charge in [-0.05, 0) is 55.4 Å². The highest BCUT2D eigenvalue weighted by Crippen LogP contribution is 2.40. The number of aryl methyl sites for hydroxylation is 2. The van der Waals surface area contributed by atoms with Crippen LogP contribution in [0.4, 0.5) is 0 Å². The van der Waals surface area contributed by atoms with Gasteiger partial charge in [0, 0.05) is 0 Å². The summed E-state index contributed by atoms with van der Waals surface area (Å²) in [4.78, 5) is 0. The van der Waals surface area contributed by atoms with Gasteiger partial charge >= 0.3 is 0 Å². The summed E-state index contributed by atoms with van der Waals surface area (Å²) in [5.41, 5.74) is 12.1. The van der Waals surface area contributed by atoms with Crippen LogP contribution in [0.25, 0.3) is 0 Å². The summed E-state index contributed by atoms with van der Waals surface area (Å²) in [5, 5.41) is 8.30. The van der Waals surface area contributed by atoms with Gasteiger partial charge in [-0.2, -0.15) is 10.2 Å². The molecule has 0 aliphatic heterocycles. The maximum absolute atomic E-state index is 6.54. The molecule has 1 atom stereocenters. The molecule has 0 radical (unpaired) electrons. The van der Waals surface area contributed by atoms with Crippen molar-refractivity contribution in [1.82, 2.24) is 10.2 Å². The molecule has 1 fully saturated rings. The summed E-state index contributed by atoms with van der Waals surface area (Å²) >= 11 is 0. The molecule has 1 aromatic carbocycles. The van der Waals surface area contributed by atoms with E-state index in [1.807, 2.05) is 13.8 Å². The molecule has 104 valence electrons. The maximum Gasteiger partial charge on any atom is 0.0651 e. The highest BCUT2D eigenvalue weighted by atomic mass is 15.1. The van der Waals surface area contributed by atoms with Gasteiger partial charge in [-0.1, -0.05) is 30.7 Å². The third-order valence-electron chi connectivity index (χ3n) is 4.35. The van der Waals surface area contributed by atoms with Crippen molar-refractivity contribution in [2.75, 3.05) is 0 Å². The molecule has 0 amide bonds. The van der Waals surface area contributed by atoms with E-state index in [2.05, 4.69) is 40.5 Å². The van der Waals surface area contributed by atoms with Gasteiger partial charge in [0.25, 0.3) is 0 Å². The second-order valence-electron chi connectivity index (χ2n) is 5.76. The fourth-order valence-corrected chi connectivity index (χ4v) is 2.94. The Hall–Kier alpha value is -1.74. The molecule has 1 aliphatic carbocycles. The normalized spacial score (nSPS) is 16.8. The zero-order valence-electron chi connectivity index (χ0n) is 12.1. The molecular weight excluding hydrogens is 246 g/mol. The average Bonchev–Trinajstić information content (AvgIpc) is 2.39. The largest absolute Gasteiger partial charge is 0.320 e. The maximum atomic E-state index is 6.54. The molecule has 1 aliphatic rings. The summed E-state index contributed by atoms with van der Waals surface area (Å²) in [7, 11) is 0. The Labute approximate surface area is 120 Å². The van der Waals surface area contributed by atoms with E-state index in [-0.39, 0.29) is 6.04 Å². The van der Waals surface area contributed by atoms with E-state index in [9.17, 15) is 0 Å². The fourth-order valence-electron chi connectivity index (χ4n) is 2.94. The Morgan fingerprint density at radius 1 is 1.10 bits per heavy atom. The third kappa shape index (κ3) is 2.34. The number of hydrogen-bond donors (Lipinski definition) is 1. The van der Waals surface area contributed by atoms with Crippen LogP contribution in [0.5, 0.6) is 0 Å². The van der Waals surface area contributed by atoms with E-state index in [1.54, 1.807) is 0 Å². The molecule has 20 heavy (non-hydrogen) atoms. The van der Waals surface area contributed by atoms with Crippen LogP contribution < -0.4 is 5.73 Å². The average molecular weight is 267 g/mol. The molecule has 3 rings (SSSR count). The molecule has 3 heteroatoms. The van der Waals surface area contributed by atoms with Crippen LogP contribution >= 0.6 is 0 Å². The summed E-state index contributed by atoms with van der Waals surface area (Å²) in [6, 6.07) is 10.5. The minimum absolute atomic E-state index is 0.110. The summed E-state index contributed by atoms with van der Waals surface area (Å²) in [5.74, 6) is 0.688. The van der Waals surface area contributed by atoms with E-state index in [0.717, 1.165) is 17.0 Å². The van der Waals surface area contributed by atoms with E-state index in [1.165, 1.54) is 30.4 Å². The number of hydrogen-bond acceptors (Lipinski definition) is 3. The summed E-state index contributed by atoms with van der Waals surface area (Å²) < 4.78 is 0. The molecule has 1 aromatic heterocycles. The topological polar surface area (TPSA) is 51.8 Å². The van der Waals surface area contributed by atoms with Crippen LogP contribution in [0.2, 0.25) is 0 Å². The highest BCUT2D eigenvalue weighted by Gasteiger charge is 2.25. The summed E-state index contributed by atoms with van der Waals surface area (Å²) in [6.07, 6.45) is 3.91. The monoisotopic (exact) mass is 267 g/mol. The Bertz CT molecular complexity index is 617. The Morgan fingerprint density at radius 3 is 2.55 bits per heavy atom. The van der Waals surface area contributed by atoms with Gasteiger partial charge in [0.05, 0.1) is 17.4 Å². The smallest absolute Gasteiger partial charge is 0.0651 e. The van der Waals surface area contributed by atoms with Crippen LogP contribution in [-0.2, 0) is 0 Å². The van der Waals surface area contributed by atoms with E-state index in [0.29, 0.717) is 5.92 Å². The van der Waals surface area contributed by atoms with E-state index in [4.69, 9.17) is 5.73 Å². The van der Waals surface area contributed by atoms with Crippen molar-refractivity contribution >= 4 is 0 Å². The van der Waals surface area contributed by atoms with Crippen molar-refractivity contribution in [1.29, 1.82) is 0 Å². The number of nitrogens with two attached hydrogens (primary N) is 1. The lowest BCUT2D eigenvalue weighted by molar-refractivity contribution is 0.416. The van der Waals surface area contributed by atoms with Gasteiger partial charge in [0.1, 0.15) is 0 Å². The lowest BCUT2D eigenvalue weighted by atomic mass is 9.76.